The van der Waals surface area contributed by atoms with Crippen LogP contribution in [0.4, 0.5) is 4.79 Å². The molecule has 5 rings (SSSR count). The number of benzene rings is 3. The van der Waals surface area contributed by atoms with Gasteiger partial charge in [-0.15, -0.1) is 0 Å². The Hall–Kier alpha value is -4.52. The van der Waals surface area contributed by atoms with Gasteiger partial charge in [0.05, 0.1) is 16.6 Å². The first-order chi connectivity index (χ1) is 17.1. The smallest absolute Gasteiger partial charge is 0.372 e. The van der Waals surface area contributed by atoms with E-state index >= 15 is 0 Å². The van der Waals surface area contributed by atoms with Crippen molar-refractivity contribution in [3.63, 3.8) is 0 Å². The molecule has 5 aromatic rings. The van der Waals surface area contributed by atoms with E-state index in [1.54, 1.807) is 12.1 Å². The summed E-state index contributed by atoms with van der Waals surface area (Å²) in [6.45, 7) is 2.86. The number of carbonyl (C=O) groups excluding carboxylic acids is 2. The van der Waals surface area contributed by atoms with Gasteiger partial charge < -0.3 is 9.30 Å². The first-order valence-corrected chi connectivity index (χ1v) is 11.5. The standard InChI is InChI=1S/C28H24N4O3/c1-2-7-26-30-24-10-5-6-11-25(24)32(26)18-20-12-14-21(15-13-20)22-8-3-4-9-23(22)27(33)35-28(34)31-17-16-29-19-31/h3-6,8-17,19H,2,7,18H2,1H3. The lowest BCUT2D eigenvalue weighted by atomic mass is 9.98. The van der Waals surface area contributed by atoms with Crippen molar-refractivity contribution in [3.05, 3.63) is 108 Å². The minimum Gasteiger partial charge on any atom is -0.372 e. The summed E-state index contributed by atoms with van der Waals surface area (Å²) < 4.78 is 8.43. The lowest BCUT2D eigenvalue weighted by Gasteiger charge is -2.12. The van der Waals surface area contributed by atoms with Crippen molar-refractivity contribution in [2.24, 2.45) is 0 Å². The quantitative estimate of drug-likeness (QED) is 0.237. The number of esters is 1. The first kappa shape index (κ1) is 22.3. The first-order valence-electron chi connectivity index (χ1n) is 11.5. The van der Waals surface area contributed by atoms with E-state index in [-0.39, 0.29) is 0 Å². The maximum Gasteiger partial charge on any atom is 0.427 e. The Labute approximate surface area is 202 Å². The van der Waals surface area contributed by atoms with E-state index < -0.39 is 12.1 Å². The highest BCUT2D eigenvalue weighted by atomic mass is 16.6. The van der Waals surface area contributed by atoms with Crippen molar-refractivity contribution < 1.29 is 14.3 Å². The summed E-state index contributed by atoms with van der Waals surface area (Å²) in [4.78, 5) is 33.5. The third-order valence-electron chi connectivity index (χ3n) is 5.86. The zero-order valence-electron chi connectivity index (χ0n) is 19.3. The summed E-state index contributed by atoms with van der Waals surface area (Å²) in [6, 6.07) is 23.4. The van der Waals surface area contributed by atoms with Gasteiger partial charge in [-0.25, -0.2) is 24.1 Å². The van der Waals surface area contributed by atoms with Crippen LogP contribution in [0.3, 0.4) is 0 Å². The second kappa shape index (κ2) is 9.77. The molecule has 0 N–H and O–H groups in total. The molecule has 0 amide bonds. The Morgan fingerprint density at radius 2 is 1.71 bits per heavy atom. The van der Waals surface area contributed by atoms with Crippen LogP contribution < -0.4 is 0 Å². The molecular formula is C28H24N4O3. The van der Waals surface area contributed by atoms with Crippen LogP contribution >= 0.6 is 0 Å². The molecule has 3 aromatic carbocycles. The molecule has 0 bridgehead atoms. The van der Waals surface area contributed by atoms with Gasteiger partial charge >= 0.3 is 12.1 Å². The molecule has 0 unspecified atom stereocenters. The van der Waals surface area contributed by atoms with E-state index in [4.69, 9.17) is 9.72 Å². The van der Waals surface area contributed by atoms with Crippen LogP contribution in [0.25, 0.3) is 22.2 Å². The molecule has 7 heteroatoms. The molecule has 0 radical (unpaired) electrons. The van der Waals surface area contributed by atoms with Crippen LogP contribution in [0.1, 0.15) is 35.1 Å². The van der Waals surface area contributed by atoms with Gasteiger partial charge in [-0.05, 0) is 41.3 Å². The van der Waals surface area contributed by atoms with Crippen LogP contribution in [0, 0.1) is 0 Å². The molecule has 0 saturated carbocycles. The summed E-state index contributed by atoms with van der Waals surface area (Å²) in [6.07, 6.45) is 5.30. The topological polar surface area (TPSA) is 79.0 Å². The fourth-order valence-electron chi connectivity index (χ4n) is 4.16. The van der Waals surface area contributed by atoms with E-state index in [2.05, 4.69) is 34.7 Å². The van der Waals surface area contributed by atoms with Crippen molar-refractivity contribution in [2.75, 3.05) is 0 Å². The van der Waals surface area contributed by atoms with Crippen LogP contribution in [-0.4, -0.2) is 31.2 Å². The highest BCUT2D eigenvalue weighted by Gasteiger charge is 2.18. The van der Waals surface area contributed by atoms with Crippen molar-refractivity contribution >= 4 is 23.1 Å². The maximum absolute atomic E-state index is 12.8. The zero-order chi connectivity index (χ0) is 24.2. The fraction of sp³-hybridized carbons (Fsp3) is 0.143. The molecule has 35 heavy (non-hydrogen) atoms. The van der Waals surface area contributed by atoms with Crippen LogP contribution in [0.2, 0.25) is 0 Å². The van der Waals surface area contributed by atoms with Gasteiger partial charge in [0.15, 0.2) is 0 Å². The summed E-state index contributed by atoms with van der Waals surface area (Å²) in [7, 11) is 0. The third-order valence-corrected chi connectivity index (χ3v) is 5.86. The van der Waals surface area contributed by atoms with Gasteiger partial charge in [0.25, 0.3) is 0 Å². The summed E-state index contributed by atoms with van der Waals surface area (Å²) in [5, 5.41) is 0. The van der Waals surface area contributed by atoms with Crippen LogP contribution in [0.5, 0.6) is 0 Å². The van der Waals surface area contributed by atoms with Gasteiger partial charge in [-0.1, -0.05) is 61.5 Å². The fourth-order valence-corrected chi connectivity index (χ4v) is 4.16. The lowest BCUT2D eigenvalue weighted by Crippen LogP contribution is -2.17. The van der Waals surface area contributed by atoms with E-state index in [1.807, 2.05) is 42.5 Å². The number of imidazole rings is 2. The number of aromatic nitrogens is 4. The molecule has 0 aliphatic heterocycles. The molecule has 0 aliphatic carbocycles. The van der Waals surface area contributed by atoms with Crippen LogP contribution in [-0.2, 0) is 17.7 Å². The summed E-state index contributed by atoms with van der Waals surface area (Å²) in [5.41, 5.74) is 5.13. The van der Waals surface area contributed by atoms with E-state index in [1.165, 1.54) is 18.7 Å². The Balaban J connectivity index is 1.39. The Morgan fingerprint density at radius 1 is 0.943 bits per heavy atom. The second-order valence-electron chi connectivity index (χ2n) is 8.22. The van der Waals surface area contributed by atoms with Gasteiger partial charge in [0, 0.05) is 25.4 Å². The van der Waals surface area contributed by atoms with Crippen molar-refractivity contribution in [1.29, 1.82) is 0 Å². The number of para-hydroxylation sites is 2. The molecule has 0 fully saturated rings. The number of aryl methyl sites for hydroxylation is 1. The number of fused-ring (bicyclic) bond motifs is 1. The molecule has 174 valence electrons. The van der Waals surface area contributed by atoms with E-state index in [0.717, 1.165) is 45.4 Å². The van der Waals surface area contributed by atoms with Gasteiger partial charge in [0.2, 0.25) is 0 Å². The monoisotopic (exact) mass is 464 g/mol. The molecule has 0 spiro atoms. The number of rotatable bonds is 6. The average molecular weight is 465 g/mol. The number of hydrogen-bond donors (Lipinski definition) is 0. The minimum atomic E-state index is -0.798. The Kier molecular flexibility index (Phi) is 6.22. The van der Waals surface area contributed by atoms with E-state index in [9.17, 15) is 9.59 Å². The molecule has 0 saturated heterocycles. The van der Waals surface area contributed by atoms with Crippen LogP contribution in [0.15, 0.2) is 91.5 Å². The van der Waals surface area contributed by atoms with Crippen molar-refractivity contribution in [1.82, 2.24) is 19.1 Å². The molecule has 7 nitrogen and oxygen atoms in total. The lowest BCUT2D eigenvalue weighted by molar-refractivity contribution is 0.0625. The number of nitrogens with zero attached hydrogens (tertiary/aromatic N) is 4. The van der Waals surface area contributed by atoms with Gasteiger partial charge in [0.1, 0.15) is 12.2 Å². The number of hydrogen-bond acceptors (Lipinski definition) is 5. The number of ether oxygens (including phenoxy) is 1. The summed E-state index contributed by atoms with van der Waals surface area (Å²) >= 11 is 0. The molecular weight excluding hydrogens is 440 g/mol. The molecule has 0 atom stereocenters. The third kappa shape index (κ3) is 4.61. The van der Waals surface area contributed by atoms with E-state index in [0.29, 0.717) is 17.7 Å². The second-order valence-corrected chi connectivity index (χ2v) is 8.22. The van der Waals surface area contributed by atoms with Gasteiger partial charge in [-0.2, -0.15) is 0 Å². The number of carbonyl (C=O) groups is 2. The Bertz CT molecular complexity index is 1480. The average Bonchev–Trinajstić information content (AvgIpc) is 3.54. The molecule has 2 aromatic heterocycles. The normalized spacial score (nSPS) is 11.0. The predicted molar refractivity (Wildman–Crippen MR) is 133 cm³/mol. The molecule has 0 aliphatic rings. The van der Waals surface area contributed by atoms with Gasteiger partial charge in [-0.3, -0.25) is 0 Å². The minimum absolute atomic E-state index is 0.319. The predicted octanol–water partition coefficient (Wildman–Crippen LogP) is 5.73. The molecule has 2 heterocycles. The SMILES string of the molecule is CCCc1nc2ccccc2n1Cc1ccc(-c2ccccc2C(=O)OC(=O)n2ccnc2)cc1. The largest absolute Gasteiger partial charge is 0.427 e. The zero-order valence-corrected chi connectivity index (χ0v) is 19.3. The van der Waals surface area contributed by atoms with Crippen molar-refractivity contribution in [2.45, 2.75) is 26.3 Å². The van der Waals surface area contributed by atoms with Crippen molar-refractivity contribution in [3.8, 4) is 11.1 Å². The maximum atomic E-state index is 12.8. The highest BCUT2D eigenvalue weighted by Crippen LogP contribution is 2.26. The summed E-state index contributed by atoms with van der Waals surface area (Å²) in [5.74, 6) is 0.367. The Morgan fingerprint density at radius 3 is 2.49 bits per heavy atom. The highest BCUT2D eigenvalue weighted by molar-refractivity contribution is 6.02.